The van der Waals surface area contributed by atoms with Gasteiger partial charge in [0.2, 0.25) is 0 Å². The van der Waals surface area contributed by atoms with E-state index in [1.807, 2.05) is 11.4 Å². The second-order valence-corrected chi connectivity index (χ2v) is 3.39. The highest BCUT2D eigenvalue weighted by Gasteiger charge is 2.12. The normalized spacial score (nSPS) is 9.77. The molecule has 2 rings (SSSR count). The van der Waals surface area contributed by atoms with E-state index >= 15 is 0 Å². The SMILES string of the molecule is N#Cc1c(-c2ccco2)csc1N. The van der Waals surface area contributed by atoms with Gasteiger partial charge in [0.1, 0.15) is 16.8 Å². The Morgan fingerprint density at radius 3 is 3.00 bits per heavy atom. The van der Waals surface area contributed by atoms with Crippen LogP contribution in [0.2, 0.25) is 0 Å². The zero-order chi connectivity index (χ0) is 9.26. The molecule has 2 aromatic heterocycles. The molecule has 0 saturated heterocycles. The molecule has 0 aliphatic rings. The Hall–Kier alpha value is -1.73. The van der Waals surface area contributed by atoms with E-state index < -0.39 is 0 Å². The first kappa shape index (κ1) is 7.90. The molecule has 2 heterocycles. The van der Waals surface area contributed by atoms with Crippen LogP contribution in [0.1, 0.15) is 5.56 Å². The van der Waals surface area contributed by atoms with Gasteiger partial charge in [-0.25, -0.2) is 0 Å². The lowest BCUT2D eigenvalue weighted by molar-refractivity contribution is 0.582. The van der Waals surface area contributed by atoms with Crippen LogP contribution < -0.4 is 5.73 Å². The van der Waals surface area contributed by atoms with Crippen molar-refractivity contribution in [3.05, 3.63) is 29.3 Å². The summed E-state index contributed by atoms with van der Waals surface area (Å²) in [4.78, 5) is 0. The van der Waals surface area contributed by atoms with Crippen LogP contribution in [0, 0.1) is 11.3 Å². The van der Waals surface area contributed by atoms with Crippen molar-refractivity contribution in [3.8, 4) is 17.4 Å². The summed E-state index contributed by atoms with van der Waals surface area (Å²) >= 11 is 1.35. The Morgan fingerprint density at radius 2 is 2.38 bits per heavy atom. The quantitative estimate of drug-likeness (QED) is 0.751. The average molecular weight is 190 g/mol. The molecule has 0 aliphatic heterocycles. The predicted molar refractivity (Wildman–Crippen MR) is 51.1 cm³/mol. The Kier molecular flexibility index (Phi) is 1.80. The van der Waals surface area contributed by atoms with Crippen molar-refractivity contribution in [2.45, 2.75) is 0 Å². The first-order valence-electron chi connectivity index (χ1n) is 3.64. The topological polar surface area (TPSA) is 63.0 Å². The predicted octanol–water partition coefficient (Wildman–Crippen LogP) is 2.46. The molecule has 0 bridgehead atoms. The number of anilines is 1. The van der Waals surface area contributed by atoms with Crippen LogP contribution in [0.25, 0.3) is 11.3 Å². The molecule has 2 N–H and O–H groups in total. The first-order valence-corrected chi connectivity index (χ1v) is 4.52. The van der Waals surface area contributed by atoms with E-state index in [2.05, 4.69) is 6.07 Å². The van der Waals surface area contributed by atoms with Gasteiger partial charge in [-0.05, 0) is 12.1 Å². The fourth-order valence-electron chi connectivity index (χ4n) is 1.10. The average Bonchev–Trinajstić information content (AvgIpc) is 2.71. The summed E-state index contributed by atoms with van der Waals surface area (Å²) in [5, 5.41) is 11.2. The second kappa shape index (κ2) is 2.96. The number of rotatable bonds is 1. The van der Waals surface area contributed by atoms with E-state index in [0.29, 0.717) is 16.3 Å². The molecule has 3 nitrogen and oxygen atoms in total. The van der Waals surface area contributed by atoms with Crippen molar-refractivity contribution in [1.29, 1.82) is 5.26 Å². The van der Waals surface area contributed by atoms with Crippen molar-refractivity contribution >= 4 is 16.3 Å². The number of nitrogen functional groups attached to an aromatic ring is 1. The summed E-state index contributed by atoms with van der Waals surface area (Å²) in [6, 6.07) is 5.65. The summed E-state index contributed by atoms with van der Waals surface area (Å²) in [7, 11) is 0. The van der Waals surface area contributed by atoms with Crippen molar-refractivity contribution in [2.75, 3.05) is 5.73 Å². The molecular formula is C9H6N2OS. The van der Waals surface area contributed by atoms with Gasteiger partial charge in [-0.3, -0.25) is 0 Å². The third-order valence-corrected chi connectivity index (χ3v) is 2.53. The Morgan fingerprint density at radius 1 is 1.54 bits per heavy atom. The number of nitriles is 1. The lowest BCUT2D eigenvalue weighted by Crippen LogP contribution is -1.84. The molecule has 0 amide bonds. The van der Waals surface area contributed by atoms with Crippen molar-refractivity contribution in [1.82, 2.24) is 0 Å². The van der Waals surface area contributed by atoms with Gasteiger partial charge in [-0.1, -0.05) is 0 Å². The van der Waals surface area contributed by atoms with E-state index in [4.69, 9.17) is 15.4 Å². The number of thiophene rings is 1. The van der Waals surface area contributed by atoms with Crippen LogP contribution in [0.3, 0.4) is 0 Å². The molecule has 0 radical (unpaired) electrons. The maximum atomic E-state index is 8.82. The van der Waals surface area contributed by atoms with E-state index in [-0.39, 0.29) is 0 Å². The van der Waals surface area contributed by atoms with Gasteiger partial charge in [-0.2, -0.15) is 5.26 Å². The fourth-order valence-corrected chi connectivity index (χ4v) is 1.85. The minimum atomic E-state index is 0.500. The smallest absolute Gasteiger partial charge is 0.136 e. The monoisotopic (exact) mass is 190 g/mol. The summed E-state index contributed by atoms with van der Waals surface area (Å²) in [5.74, 6) is 0.685. The summed E-state index contributed by atoms with van der Waals surface area (Å²) in [6.45, 7) is 0. The maximum Gasteiger partial charge on any atom is 0.136 e. The third kappa shape index (κ3) is 1.19. The first-order chi connectivity index (χ1) is 6.33. The van der Waals surface area contributed by atoms with E-state index in [9.17, 15) is 0 Å². The second-order valence-electron chi connectivity index (χ2n) is 2.48. The van der Waals surface area contributed by atoms with E-state index in [0.717, 1.165) is 5.56 Å². The van der Waals surface area contributed by atoms with Crippen LogP contribution in [-0.4, -0.2) is 0 Å². The van der Waals surface area contributed by atoms with Gasteiger partial charge in [0.25, 0.3) is 0 Å². The highest BCUT2D eigenvalue weighted by atomic mass is 32.1. The Bertz CT molecular complexity index is 450. The van der Waals surface area contributed by atoms with Gasteiger partial charge < -0.3 is 10.2 Å². The molecule has 0 atom stereocenters. The molecule has 0 unspecified atom stereocenters. The Balaban J connectivity index is 2.60. The van der Waals surface area contributed by atoms with Crippen molar-refractivity contribution < 1.29 is 4.42 Å². The standard InChI is InChI=1S/C9H6N2OS/c10-4-6-7(5-13-9(6)11)8-2-1-3-12-8/h1-3,5H,11H2. The molecule has 0 spiro atoms. The minimum Gasteiger partial charge on any atom is -0.464 e. The minimum absolute atomic E-state index is 0.500. The molecule has 0 saturated carbocycles. The van der Waals surface area contributed by atoms with Crippen LogP contribution in [0.15, 0.2) is 28.2 Å². The highest BCUT2D eigenvalue weighted by molar-refractivity contribution is 7.14. The molecule has 64 valence electrons. The lowest BCUT2D eigenvalue weighted by atomic mass is 10.1. The molecule has 13 heavy (non-hydrogen) atoms. The third-order valence-electron chi connectivity index (χ3n) is 1.72. The number of furan rings is 1. The number of nitrogens with zero attached hydrogens (tertiary/aromatic N) is 1. The number of hydrogen-bond donors (Lipinski definition) is 1. The molecule has 0 fully saturated rings. The van der Waals surface area contributed by atoms with Gasteiger partial charge in [0, 0.05) is 10.9 Å². The molecular weight excluding hydrogens is 184 g/mol. The van der Waals surface area contributed by atoms with Crippen molar-refractivity contribution in [2.24, 2.45) is 0 Å². The van der Waals surface area contributed by atoms with Crippen LogP contribution in [0.5, 0.6) is 0 Å². The van der Waals surface area contributed by atoms with Gasteiger partial charge >= 0.3 is 0 Å². The fraction of sp³-hybridized carbons (Fsp3) is 0. The van der Waals surface area contributed by atoms with Gasteiger partial charge in [0.05, 0.1) is 11.8 Å². The lowest BCUT2D eigenvalue weighted by Gasteiger charge is -1.91. The van der Waals surface area contributed by atoms with Crippen molar-refractivity contribution in [3.63, 3.8) is 0 Å². The Labute approximate surface area is 79.0 Å². The van der Waals surface area contributed by atoms with Crippen LogP contribution in [-0.2, 0) is 0 Å². The largest absolute Gasteiger partial charge is 0.464 e. The van der Waals surface area contributed by atoms with E-state index in [1.54, 1.807) is 12.3 Å². The van der Waals surface area contributed by atoms with Gasteiger partial charge in [-0.15, -0.1) is 11.3 Å². The van der Waals surface area contributed by atoms with E-state index in [1.165, 1.54) is 11.3 Å². The molecule has 0 aromatic carbocycles. The summed E-state index contributed by atoms with van der Waals surface area (Å²) < 4.78 is 5.18. The van der Waals surface area contributed by atoms with Crippen LogP contribution in [0.4, 0.5) is 5.00 Å². The zero-order valence-corrected chi connectivity index (χ0v) is 7.47. The maximum absolute atomic E-state index is 8.82. The molecule has 0 aliphatic carbocycles. The molecule has 2 aromatic rings. The van der Waals surface area contributed by atoms with Crippen LogP contribution >= 0.6 is 11.3 Å². The number of hydrogen-bond acceptors (Lipinski definition) is 4. The zero-order valence-electron chi connectivity index (χ0n) is 6.65. The molecule has 4 heteroatoms. The number of nitrogens with two attached hydrogens (primary N) is 1. The highest BCUT2D eigenvalue weighted by Crippen LogP contribution is 2.32. The summed E-state index contributed by atoms with van der Waals surface area (Å²) in [5.41, 5.74) is 6.89. The van der Waals surface area contributed by atoms with Gasteiger partial charge in [0.15, 0.2) is 0 Å². The summed E-state index contributed by atoms with van der Waals surface area (Å²) in [6.07, 6.45) is 1.57.